The zero-order valence-electron chi connectivity index (χ0n) is 28.6. The number of benzene rings is 1. The molecule has 11 heteroatoms. The first-order valence-corrected chi connectivity index (χ1v) is 18.9. The number of carbonyl (C=O) groups is 1. The summed E-state index contributed by atoms with van der Waals surface area (Å²) in [5.74, 6) is 0.00503. The molecule has 1 rings (SSSR count). The van der Waals surface area contributed by atoms with Gasteiger partial charge in [-0.1, -0.05) is 83.5 Å². The van der Waals surface area contributed by atoms with Crippen molar-refractivity contribution in [2.45, 2.75) is 128 Å². The number of anilines is 1. The SMILES string of the molecule is C[N+](C)(C)CCOP(=O)(O)OCCCCCCCCCCCCCCCCCCc1ccc(NC(=O)CCC[B+]OC=N)cc1. The zero-order chi connectivity index (χ0) is 33.1. The van der Waals surface area contributed by atoms with Gasteiger partial charge in [0.15, 0.2) is 0 Å². The van der Waals surface area contributed by atoms with E-state index in [2.05, 4.69) is 17.4 Å². The number of likely N-dealkylation sites (N-methyl/N-ethyl adjacent to an activating group) is 1. The van der Waals surface area contributed by atoms with Gasteiger partial charge in [-0.15, -0.1) is 0 Å². The van der Waals surface area contributed by atoms with Crippen LogP contribution in [0.15, 0.2) is 24.3 Å². The van der Waals surface area contributed by atoms with Gasteiger partial charge in [0.1, 0.15) is 13.2 Å². The molecule has 0 saturated carbocycles. The Labute approximate surface area is 275 Å². The molecular formula is C34H63BN3O6P+2. The number of aryl methyl sites for hydroxylation is 1. The monoisotopic (exact) mass is 651 g/mol. The summed E-state index contributed by atoms with van der Waals surface area (Å²) in [5, 5.41) is 9.72. The summed E-state index contributed by atoms with van der Waals surface area (Å²) < 4.78 is 27.4. The Morgan fingerprint density at radius 1 is 0.800 bits per heavy atom. The van der Waals surface area contributed by atoms with Crippen LogP contribution in [-0.4, -0.2) is 70.1 Å². The molecule has 1 aromatic carbocycles. The molecule has 0 aromatic heterocycles. The molecule has 3 N–H and O–H groups in total. The maximum absolute atomic E-state index is 12.0. The van der Waals surface area contributed by atoms with Crippen molar-refractivity contribution in [2.24, 2.45) is 0 Å². The number of nitrogens with one attached hydrogen (secondary N) is 2. The van der Waals surface area contributed by atoms with Crippen LogP contribution in [0.25, 0.3) is 0 Å². The van der Waals surface area contributed by atoms with Crippen molar-refractivity contribution in [1.29, 1.82) is 5.41 Å². The Balaban J connectivity index is 1.85. The van der Waals surface area contributed by atoms with Gasteiger partial charge in [-0.3, -0.25) is 9.05 Å². The number of phosphoric acid groups is 1. The second-order valence-electron chi connectivity index (χ2n) is 13.1. The molecule has 256 valence electrons. The first kappa shape index (κ1) is 41.3. The molecular weight excluding hydrogens is 588 g/mol. The van der Waals surface area contributed by atoms with Crippen LogP contribution in [0.2, 0.25) is 6.32 Å². The molecule has 1 unspecified atom stereocenters. The zero-order valence-corrected chi connectivity index (χ0v) is 29.5. The predicted octanol–water partition coefficient (Wildman–Crippen LogP) is 8.69. The number of unbranched alkanes of at least 4 members (excludes halogenated alkanes) is 15. The van der Waals surface area contributed by atoms with E-state index in [1.807, 2.05) is 33.3 Å². The van der Waals surface area contributed by atoms with Crippen molar-refractivity contribution in [3.05, 3.63) is 29.8 Å². The molecule has 0 fully saturated rings. The third kappa shape index (κ3) is 27.1. The molecule has 0 aliphatic carbocycles. The third-order valence-corrected chi connectivity index (χ3v) is 8.78. The Morgan fingerprint density at radius 3 is 1.80 bits per heavy atom. The molecule has 0 heterocycles. The van der Waals surface area contributed by atoms with Crippen LogP contribution in [0.3, 0.4) is 0 Å². The van der Waals surface area contributed by atoms with E-state index in [0.29, 0.717) is 30.2 Å². The molecule has 9 nitrogen and oxygen atoms in total. The number of hydrogen-bond acceptors (Lipinski definition) is 6. The predicted molar refractivity (Wildman–Crippen MR) is 187 cm³/mol. The summed E-state index contributed by atoms with van der Waals surface area (Å²) in [6.45, 7) is 1.15. The van der Waals surface area contributed by atoms with Crippen LogP contribution in [0, 0.1) is 5.41 Å². The molecule has 0 bridgehead atoms. The normalized spacial score (nSPS) is 12.8. The van der Waals surface area contributed by atoms with Crippen LogP contribution >= 0.6 is 7.82 Å². The number of rotatable bonds is 31. The number of hydrogen-bond donors (Lipinski definition) is 3. The van der Waals surface area contributed by atoms with E-state index >= 15 is 0 Å². The average Bonchev–Trinajstić information content (AvgIpc) is 2.98. The van der Waals surface area contributed by atoms with Gasteiger partial charge in [-0.05, 0) is 6.42 Å². The van der Waals surface area contributed by atoms with Crippen molar-refractivity contribution in [2.75, 3.05) is 46.2 Å². The van der Waals surface area contributed by atoms with E-state index in [0.717, 1.165) is 37.8 Å². The molecule has 0 saturated heterocycles. The molecule has 0 spiro atoms. The molecule has 0 aliphatic rings. The van der Waals surface area contributed by atoms with Gasteiger partial charge >= 0.3 is 122 Å². The van der Waals surface area contributed by atoms with Gasteiger partial charge in [0.2, 0.25) is 0 Å². The number of amides is 1. The van der Waals surface area contributed by atoms with Crippen molar-refractivity contribution in [1.82, 2.24) is 0 Å². The minimum atomic E-state index is -3.91. The summed E-state index contributed by atoms with van der Waals surface area (Å²) in [6.07, 6.45) is 23.8. The standard InChI is InChI=1S/C34H61BN3O6P/c1-38(2,3)28-30-44-45(40,41)43-29-19-17-15-13-11-9-7-5-4-6-8-10-12-14-16-18-21-32-23-25-33(26-24-32)37-34(39)22-20-27-35-42-31-36/h23-26,31,36H,4-22,27-30H2,1-3H3/p+2. The maximum atomic E-state index is 12.0. The summed E-state index contributed by atoms with van der Waals surface area (Å²) in [7, 11) is 3.66. The van der Waals surface area contributed by atoms with E-state index < -0.39 is 7.82 Å². The van der Waals surface area contributed by atoms with Gasteiger partial charge in [0.25, 0.3) is 0 Å². The van der Waals surface area contributed by atoms with Gasteiger partial charge in [-0.2, -0.15) is 0 Å². The quantitative estimate of drug-likeness (QED) is 0.0185. The topological polar surface area (TPSA) is 118 Å². The van der Waals surface area contributed by atoms with E-state index in [9.17, 15) is 14.3 Å². The average molecular weight is 652 g/mol. The number of nitrogens with zero attached hydrogens (tertiary/aromatic N) is 1. The Morgan fingerprint density at radius 2 is 1.29 bits per heavy atom. The van der Waals surface area contributed by atoms with Crippen molar-refractivity contribution in [3.8, 4) is 0 Å². The van der Waals surface area contributed by atoms with E-state index in [-0.39, 0.29) is 19.1 Å². The fourth-order valence-corrected chi connectivity index (χ4v) is 5.74. The molecule has 0 radical (unpaired) electrons. The first-order valence-electron chi connectivity index (χ1n) is 17.4. The molecule has 0 aliphatic heterocycles. The fourth-order valence-electron chi connectivity index (χ4n) is 4.99. The van der Waals surface area contributed by atoms with Crippen molar-refractivity contribution < 1.29 is 32.4 Å². The van der Waals surface area contributed by atoms with Gasteiger partial charge in [0, 0.05) is 0 Å². The van der Waals surface area contributed by atoms with E-state index in [1.54, 1.807) is 7.48 Å². The first-order chi connectivity index (χ1) is 21.6. The fraction of sp³-hybridized carbons (Fsp3) is 0.765. The van der Waals surface area contributed by atoms with E-state index in [4.69, 9.17) is 19.1 Å². The second-order valence-corrected chi connectivity index (χ2v) is 14.6. The molecule has 1 aromatic rings. The number of quaternary nitrogens is 1. The molecule has 1 amide bonds. The molecule has 1 atom stereocenters. The van der Waals surface area contributed by atoms with Crippen molar-refractivity contribution in [3.63, 3.8) is 0 Å². The van der Waals surface area contributed by atoms with Gasteiger partial charge in [-0.25, -0.2) is 4.57 Å². The second kappa shape index (κ2) is 26.4. The Hall–Kier alpha value is -1.71. The van der Waals surface area contributed by atoms with Crippen molar-refractivity contribution >= 4 is 33.3 Å². The van der Waals surface area contributed by atoms with Crippen LogP contribution in [0.4, 0.5) is 5.69 Å². The summed E-state index contributed by atoms with van der Waals surface area (Å²) >= 11 is 0. The van der Waals surface area contributed by atoms with Crippen LogP contribution in [-0.2, 0) is 29.5 Å². The Bertz CT molecular complexity index is 930. The summed E-state index contributed by atoms with van der Waals surface area (Å²) in [4.78, 5) is 21.7. The number of carbonyl (C=O) groups excluding carboxylic acids is 1. The summed E-state index contributed by atoms with van der Waals surface area (Å²) in [5.41, 5.74) is 2.16. The van der Waals surface area contributed by atoms with Crippen LogP contribution < -0.4 is 5.32 Å². The van der Waals surface area contributed by atoms with Gasteiger partial charge < -0.3 is 9.38 Å². The minimum absolute atomic E-state index is 0.00503. The van der Waals surface area contributed by atoms with Crippen LogP contribution in [0.1, 0.15) is 121 Å². The summed E-state index contributed by atoms with van der Waals surface area (Å²) in [6, 6.07) is 8.21. The van der Waals surface area contributed by atoms with E-state index in [1.165, 1.54) is 89.0 Å². The third-order valence-electron chi connectivity index (χ3n) is 7.76. The van der Waals surface area contributed by atoms with Gasteiger partial charge in [0.05, 0.1) is 27.7 Å². The number of phosphoric ester groups is 1. The molecule has 45 heavy (non-hydrogen) atoms. The van der Waals surface area contributed by atoms with Crippen LogP contribution in [0.5, 0.6) is 0 Å². The Kier molecular flexibility index (Phi) is 24.2.